The van der Waals surface area contributed by atoms with Gasteiger partial charge in [0.1, 0.15) is 5.01 Å². The molecule has 0 fully saturated rings. The second-order valence-corrected chi connectivity index (χ2v) is 6.11. The van der Waals surface area contributed by atoms with Gasteiger partial charge in [-0.25, -0.2) is 4.98 Å². The Morgan fingerprint density at radius 2 is 2.19 bits per heavy atom. The van der Waals surface area contributed by atoms with Crippen molar-refractivity contribution >= 4 is 17.2 Å². The molecule has 2 aromatic rings. The van der Waals surface area contributed by atoms with Crippen LogP contribution in [0.15, 0.2) is 29.6 Å². The predicted octanol–water partition coefficient (Wildman–Crippen LogP) is 3.97. The molecule has 0 unspecified atom stereocenters. The number of aromatic nitrogens is 1. The standard InChI is InChI=1S/C17H22N2OS/c1-3-4-5-9-18-16(20)11-15-12-21-17(19-15)14-8-6-7-13(2)10-14/h6-8,10,12H,3-5,9,11H2,1-2H3,(H,18,20). The molecule has 0 bridgehead atoms. The molecule has 0 aliphatic rings. The number of aryl methyl sites for hydroxylation is 1. The molecule has 0 aliphatic heterocycles. The normalized spacial score (nSPS) is 10.6. The van der Waals surface area contributed by atoms with Crippen molar-refractivity contribution < 1.29 is 4.79 Å². The van der Waals surface area contributed by atoms with Crippen LogP contribution in [-0.4, -0.2) is 17.4 Å². The maximum Gasteiger partial charge on any atom is 0.226 e. The fourth-order valence-corrected chi connectivity index (χ4v) is 2.95. The summed E-state index contributed by atoms with van der Waals surface area (Å²) < 4.78 is 0. The number of carbonyl (C=O) groups is 1. The summed E-state index contributed by atoms with van der Waals surface area (Å²) in [4.78, 5) is 16.4. The highest BCUT2D eigenvalue weighted by Gasteiger charge is 2.08. The first kappa shape index (κ1) is 15.7. The molecule has 1 aromatic carbocycles. The highest BCUT2D eigenvalue weighted by atomic mass is 32.1. The molecule has 0 spiro atoms. The van der Waals surface area contributed by atoms with Crippen LogP contribution in [0.4, 0.5) is 0 Å². The SMILES string of the molecule is CCCCCNC(=O)Cc1csc(-c2cccc(C)c2)n1. The number of carbonyl (C=O) groups excluding carboxylic acids is 1. The minimum absolute atomic E-state index is 0.0622. The van der Waals surface area contributed by atoms with Crippen molar-refractivity contribution in [3.05, 3.63) is 40.9 Å². The molecule has 0 saturated carbocycles. The number of amides is 1. The molecule has 112 valence electrons. The van der Waals surface area contributed by atoms with Crippen LogP contribution in [0, 0.1) is 6.92 Å². The van der Waals surface area contributed by atoms with Crippen LogP contribution in [0.1, 0.15) is 37.4 Å². The average molecular weight is 302 g/mol. The lowest BCUT2D eigenvalue weighted by atomic mass is 10.1. The molecule has 0 saturated heterocycles. The predicted molar refractivity (Wildman–Crippen MR) is 88.5 cm³/mol. The van der Waals surface area contributed by atoms with Gasteiger partial charge in [0.25, 0.3) is 0 Å². The number of hydrogen-bond acceptors (Lipinski definition) is 3. The highest BCUT2D eigenvalue weighted by molar-refractivity contribution is 7.13. The van der Waals surface area contributed by atoms with E-state index in [9.17, 15) is 4.79 Å². The second kappa shape index (κ2) is 7.93. The summed E-state index contributed by atoms with van der Waals surface area (Å²) in [6.07, 6.45) is 3.75. The molecule has 0 atom stereocenters. The van der Waals surface area contributed by atoms with Gasteiger partial charge in [-0.2, -0.15) is 0 Å². The molecule has 1 N–H and O–H groups in total. The van der Waals surface area contributed by atoms with Gasteiger partial charge in [-0.05, 0) is 19.4 Å². The van der Waals surface area contributed by atoms with E-state index in [1.807, 2.05) is 11.4 Å². The number of thiazole rings is 1. The van der Waals surface area contributed by atoms with E-state index in [0.717, 1.165) is 35.7 Å². The van der Waals surface area contributed by atoms with Gasteiger partial charge >= 0.3 is 0 Å². The van der Waals surface area contributed by atoms with Crippen LogP contribution in [0.5, 0.6) is 0 Å². The summed E-state index contributed by atoms with van der Waals surface area (Å²) >= 11 is 1.59. The Morgan fingerprint density at radius 3 is 2.95 bits per heavy atom. The van der Waals surface area contributed by atoms with E-state index in [-0.39, 0.29) is 5.91 Å². The minimum Gasteiger partial charge on any atom is -0.356 e. The van der Waals surface area contributed by atoms with Gasteiger partial charge in [-0.1, -0.05) is 43.5 Å². The quantitative estimate of drug-likeness (QED) is 0.786. The second-order valence-electron chi connectivity index (χ2n) is 5.25. The molecular weight excluding hydrogens is 280 g/mol. The van der Waals surface area contributed by atoms with E-state index < -0.39 is 0 Å². The van der Waals surface area contributed by atoms with Crippen molar-refractivity contribution in [2.75, 3.05) is 6.54 Å². The zero-order chi connectivity index (χ0) is 15.1. The summed E-state index contributed by atoms with van der Waals surface area (Å²) in [6.45, 7) is 4.99. The summed E-state index contributed by atoms with van der Waals surface area (Å²) in [6, 6.07) is 8.28. The van der Waals surface area contributed by atoms with Crippen LogP contribution in [0.25, 0.3) is 10.6 Å². The van der Waals surface area contributed by atoms with Crippen LogP contribution >= 0.6 is 11.3 Å². The summed E-state index contributed by atoms with van der Waals surface area (Å²) in [5.74, 6) is 0.0622. The van der Waals surface area contributed by atoms with E-state index in [0.29, 0.717) is 6.42 Å². The zero-order valence-corrected chi connectivity index (χ0v) is 13.5. The highest BCUT2D eigenvalue weighted by Crippen LogP contribution is 2.24. The number of nitrogens with one attached hydrogen (secondary N) is 1. The van der Waals surface area contributed by atoms with Gasteiger partial charge in [-0.15, -0.1) is 11.3 Å². The van der Waals surface area contributed by atoms with Gasteiger partial charge in [0.15, 0.2) is 0 Å². The number of benzene rings is 1. The third-order valence-corrected chi connectivity index (χ3v) is 4.20. The molecule has 0 radical (unpaired) electrons. The van der Waals surface area contributed by atoms with Gasteiger partial charge < -0.3 is 5.32 Å². The van der Waals surface area contributed by atoms with Gasteiger partial charge in [0, 0.05) is 17.5 Å². The first-order valence-electron chi connectivity index (χ1n) is 7.47. The molecule has 4 heteroatoms. The van der Waals surface area contributed by atoms with E-state index in [2.05, 4.69) is 42.3 Å². The third-order valence-electron chi connectivity index (χ3n) is 3.26. The Labute approximate surface area is 130 Å². The Kier molecular flexibility index (Phi) is 5.93. The van der Waals surface area contributed by atoms with Crippen molar-refractivity contribution in [3.63, 3.8) is 0 Å². The van der Waals surface area contributed by atoms with Crippen LogP contribution < -0.4 is 5.32 Å². The van der Waals surface area contributed by atoms with Crippen LogP contribution in [0.3, 0.4) is 0 Å². The average Bonchev–Trinajstić information content (AvgIpc) is 2.92. The Morgan fingerprint density at radius 1 is 1.33 bits per heavy atom. The molecular formula is C17H22N2OS. The Bertz CT molecular complexity index is 592. The molecule has 21 heavy (non-hydrogen) atoms. The molecule has 2 rings (SSSR count). The van der Waals surface area contributed by atoms with Gasteiger partial charge in [-0.3, -0.25) is 4.79 Å². The van der Waals surface area contributed by atoms with Crippen LogP contribution in [-0.2, 0) is 11.2 Å². The van der Waals surface area contributed by atoms with Crippen LogP contribution in [0.2, 0.25) is 0 Å². The summed E-state index contributed by atoms with van der Waals surface area (Å²) in [5.41, 5.74) is 3.19. The molecule has 0 aliphatic carbocycles. The van der Waals surface area contributed by atoms with Crippen molar-refractivity contribution in [1.82, 2.24) is 10.3 Å². The fraction of sp³-hybridized carbons (Fsp3) is 0.412. The number of rotatable bonds is 7. The number of unbranched alkanes of at least 4 members (excludes halogenated alkanes) is 2. The van der Waals surface area contributed by atoms with Crippen molar-refractivity contribution in [3.8, 4) is 10.6 Å². The Hall–Kier alpha value is -1.68. The van der Waals surface area contributed by atoms with E-state index >= 15 is 0 Å². The first-order chi connectivity index (χ1) is 10.2. The third kappa shape index (κ3) is 4.97. The molecule has 3 nitrogen and oxygen atoms in total. The monoisotopic (exact) mass is 302 g/mol. The lowest BCUT2D eigenvalue weighted by molar-refractivity contribution is -0.120. The lowest BCUT2D eigenvalue weighted by Gasteiger charge is -2.02. The molecule has 1 amide bonds. The largest absolute Gasteiger partial charge is 0.356 e. The maximum atomic E-state index is 11.8. The smallest absolute Gasteiger partial charge is 0.226 e. The zero-order valence-electron chi connectivity index (χ0n) is 12.7. The topological polar surface area (TPSA) is 42.0 Å². The van der Waals surface area contributed by atoms with Crippen molar-refractivity contribution in [2.24, 2.45) is 0 Å². The Balaban J connectivity index is 1.90. The molecule has 1 heterocycles. The summed E-state index contributed by atoms with van der Waals surface area (Å²) in [7, 11) is 0. The number of nitrogens with zero attached hydrogens (tertiary/aromatic N) is 1. The van der Waals surface area contributed by atoms with E-state index in [1.54, 1.807) is 11.3 Å². The van der Waals surface area contributed by atoms with E-state index in [1.165, 1.54) is 12.0 Å². The van der Waals surface area contributed by atoms with Crippen molar-refractivity contribution in [1.29, 1.82) is 0 Å². The minimum atomic E-state index is 0.0622. The van der Waals surface area contributed by atoms with Gasteiger partial charge in [0.2, 0.25) is 5.91 Å². The first-order valence-corrected chi connectivity index (χ1v) is 8.35. The fourth-order valence-electron chi connectivity index (χ4n) is 2.13. The number of hydrogen-bond donors (Lipinski definition) is 1. The maximum absolute atomic E-state index is 11.8. The van der Waals surface area contributed by atoms with Crippen molar-refractivity contribution in [2.45, 2.75) is 39.5 Å². The lowest BCUT2D eigenvalue weighted by Crippen LogP contribution is -2.26. The van der Waals surface area contributed by atoms with E-state index in [4.69, 9.17) is 0 Å². The van der Waals surface area contributed by atoms with Gasteiger partial charge in [0.05, 0.1) is 12.1 Å². The summed E-state index contributed by atoms with van der Waals surface area (Å²) in [5, 5.41) is 5.90. The molecule has 1 aromatic heterocycles.